The van der Waals surface area contributed by atoms with Gasteiger partial charge in [0, 0.05) is 12.2 Å². The van der Waals surface area contributed by atoms with E-state index in [2.05, 4.69) is 17.6 Å². The summed E-state index contributed by atoms with van der Waals surface area (Å²) >= 11 is 0. The molecule has 0 bridgehead atoms. The van der Waals surface area contributed by atoms with Crippen molar-refractivity contribution in [3.05, 3.63) is 64.7 Å². The smallest absolute Gasteiger partial charge is 0.408 e. The zero-order valence-corrected chi connectivity index (χ0v) is 26.6. The number of nitrogens with zero attached hydrogens (tertiary/aromatic N) is 1. The van der Waals surface area contributed by atoms with Gasteiger partial charge in [0.1, 0.15) is 17.7 Å². The van der Waals surface area contributed by atoms with Gasteiger partial charge in [0.15, 0.2) is 0 Å². The molecule has 0 saturated heterocycles. The number of hydrogen-bond acceptors (Lipinski definition) is 4. The van der Waals surface area contributed by atoms with Crippen LogP contribution in [0.3, 0.4) is 0 Å². The Labute approximate surface area is 247 Å². The first kappa shape index (κ1) is 33.9. The number of rotatable bonds is 13. The maximum absolute atomic E-state index is 14.4. The van der Waals surface area contributed by atoms with E-state index in [4.69, 9.17) is 4.74 Å². The molecular formula is C34H51N3O4. The van der Waals surface area contributed by atoms with Gasteiger partial charge < -0.3 is 20.3 Å². The van der Waals surface area contributed by atoms with Gasteiger partial charge in [-0.3, -0.25) is 9.59 Å². The largest absolute Gasteiger partial charge is 0.444 e. The lowest BCUT2D eigenvalue weighted by molar-refractivity contribution is -0.141. The number of amides is 3. The van der Waals surface area contributed by atoms with Crippen molar-refractivity contribution in [3.63, 3.8) is 0 Å². The van der Waals surface area contributed by atoms with Crippen LogP contribution in [0, 0.1) is 26.7 Å². The fourth-order valence-corrected chi connectivity index (χ4v) is 4.80. The molecule has 2 unspecified atom stereocenters. The number of benzene rings is 2. The van der Waals surface area contributed by atoms with Gasteiger partial charge in [0.25, 0.3) is 5.91 Å². The second-order valence-corrected chi connectivity index (χ2v) is 12.4. The summed E-state index contributed by atoms with van der Waals surface area (Å²) in [5.41, 5.74) is 3.73. The third-order valence-corrected chi connectivity index (χ3v) is 7.07. The van der Waals surface area contributed by atoms with E-state index in [9.17, 15) is 14.4 Å². The summed E-state index contributed by atoms with van der Waals surface area (Å²) in [5.74, 6) is -0.811. The van der Waals surface area contributed by atoms with Gasteiger partial charge >= 0.3 is 6.09 Å². The lowest BCUT2D eigenvalue weighted by Crippen LogP contribution is -2.54. The second kappa shape index (κ2) is 15.6. The van der Waals surface area contributed by atoms with Crippen molar-refractivity contribution in [1.29, 1.82) is 0 Å². The van der Waals surface area contributed by atoms with Gasteiger partial charge in [-0.1, -0.05) is 94.5 Å². The molecule has 2 aromatic carbocycles. The number of para-hydroxylation sites is 1. The minimum Gasteiger partial charge on any atom is -0.444 e. The summed E-state index contributed by atoms with van der Waals surface area (Å²) in [5, 5.41) is 5.94. The highest BCUT2D eigenvalue weighted by Crippen LogP contribution is 2.28. The Kier molecular flexibility index (Phi) is 12.9. The highest BCUT2D eigenvalue weighted by molar-refractivity contribution is 6.00. The van der Waals surface area contributed by atoms with Crippen molar-refractivity contribution in [2.45, 2.75) is 112 Å². The third-order valence-electron chi connectivity index (χ3n) is 7.07. The second-order valence-electron chi connectivity index (χ2n) is 12.4. The number of hydrogen-bond donors (Lipinski definition) is 2. The number of nitrogens with one attached hydrogen (secondary N) is 2. The highest BCUT2D eigenvalue weighted by Gasteiger charge is 2.37. The summed E-state index contributed by atoms with van der Waals surface area (Å²) in [6.07, 6.45) is 4.34. The van der Waals surface area contributed by atoms with Crippen molar-refractivity contribution >= 4 is 23.6 Å². The molecule has 226 valence electrons. The van der Waals surface area contributed by atoms with E-state index >= 15 is 0 Å². The Balaban J connectivity index is 2.54. The summed E-state index contributed by atoms with van der Waals surface area (Å²) in [6, 6.07) is 11.9. The molecule has 0 aliphatic carbocycles. The Morgan fingerprint density at radius 2 is 1.46 bits per heavy atom. The van der Waals surface area contributed by atoms with E-state index in [1.54, 1.807) is 25.7 Å². The van der Waals surface area contributed by atoms with Crippen LogP contribution in [0.2, 0.25) is 0 Å². The van der Waals surface area contributed by atoms with Crippen molar-refractivity contribution in [2.75, 3.05) is 11.9 Å². The van der Waals surface area contributed by atoms with Crippen molar-refractivity contribution < 1.29 is 19.1 Å². The van der Waals surface area contributed by atoms with E-state index < -0.39 is 23.8 Å². The Bertz CT molecular complexity index is 1130. The molecule has 0 aliphatic rings. The van der Waals surface area contributed by atoms with E-state index in [1.807, 2.05) is 77.1 Å². The number of carbonyl (C=O) groups is 3. The van der Waals surface area contributed by atoms with Crippen LogP contribution >= 0.6 is 0 Å². The third kappa shape index (κ3) is 10.5. The Hall–Kier alpha value is -3.35. The maximum Gasteiger partial charge on any atom is 0.408 e. The predicted octanol–water partition coefficient (Wildman–Crippen LogP) is 7.64. The van der Waals surface area contributed by atoms with Crippen molar-refractivity contribution in [1.82, 2.24) is 10.2 Å². The van der Waals surface area contributed by atoms with Crippen LogP contribution in [0.15, 0.2) is 42.5 Å². The van der Waals surface area contributed by atoms with Crippen LogP contribution in [0.1, 0.15) is 102 Å². The molecule has 2 aromatic rings. The number of carbonyl (C=O) groups excluding carboxylic acids is 3. The SMILES string of the molecule is CCCCCCCN(C(=O)C(NC(=O)OC(C)(C)C)C(C)C)C(C(=O)Nc1c(C)cccc1C)c1ccc(C)cc1. The molecule has 2 N–H and O–H groups in total. The zero-order chi connectivity index (χ0) is 30.7. The van der Waals surface area contributed by atoms with Crippen LogP contribution < -0.4 is 10.6 Å². The standard InChI is InChI=1S/C34H51N3O4/c1-10-11-12-13-14-22-37(32(39)28(23(2)3)36-33(40)41-34(7,8)9)30(27-20-18-24(4)19-21-27)31(38)35-29-25(5)16-15-17-26(29)6/h15-21,23,28,30H,10-14,22H2,1-9H3,(H,35,38)(H,36,40). The topological polar surface area (TPSA) is 87.7 Å². The molecule has 0 spiro atoms. The minimum atomic E-state index is -0.880. The molecule has 41 heavy (non-hydrogen) atoms. The van der Waals surface area contributed by atoms with Crippen LogP contribution in [-0.4, -0.2) is 41.0 Å². The highest BCUT2D eigenvalue weighted by atomic mass is 16.6. The number of ether oxygens (including phenoxy) is 1. The maximum atomic E-state index is 14.4. The first-order valence-electron chi connectivity index (χ1n) is 15.0. The molecule has 0 heterocycles. The summed E-state index contributed by atoms with van der Waals surface area (Å²) in [6.45, 7) is 17.6. The molecule has 3 amide bonds. The first-order chi connectivity index (χ1) is 19.2. The van der Waals surface area contributed by atoms with Crippen molar-refractivity contribution in [2.24, 2.45) is 5.92 Å². The molecule has 0 aliphatic heterocycles. The summed E-state index contributed by atoms with van der Waals surface area (Å²) in [7, 11) is 0. The van der Waals surface area contributed by atoms with Crippen LogP contribution in [-0.2, 0) is 14.3 Å². The lowest BCUT2D eigenvalue weighted by Gasteiger charge is -2.36. The molecule has 2 atom stereocenters. The Morgan fingerprint density at radius 3 is 2.00 bits per heavy atom. The quantitative estimate of drug-likeness (QED) is 0.244. The van der Waals surface area contributed by atoms with E-state index in [-0.39, 0.29) is 17.7 Å². The normalized spacial score (nSPS) is 12.9. The van der Waals surface area contributed by atoms with E-state index in [0.29, 0.717) is 6.54 Å². The van der Waals surface area contributed by atoms with Crippen LogP contribution in [0.4, 0.5) is 10.5 Å². The van der Waals surface area contributed by atoms with Gasteiger partial charge in [0.2, 0.25) is 5.91 Å². The molecule has 7 heteroatoms. The number of alkyl carbamates (subject to hydrolysis) is 1. The molecule has 0 saturated carbocycles. The minimum absolute atomic E-state index is 0.224. The van der Waals surface area contributed by atoms with Gasteiger partial charge in [-0.2, -0.15) is 0 Å². The van der Waals surface area contributed by atoms with Gasteiger partial charge in [0.05, 0.1) is 0 Å². The van der Waals surface area contributed by atoms with Crippen molar-refractivity contribution in [3.8, 4) is 0 Å². The van der Waals surface area contributed by atoms with Gasteiger partial charge in [-0.25, -0.2) is 4.79 Å². The number of anilines is 1. The van der Waals surface area contributed by atoms with Gasteiger partial charge in [-0.05, 0) is 70.6 Å². The van der Waals surface area contributed by atoms with Crippen LogP contribution in [0.25, 0.3) is 0 Å². The summed E-state index contributed by atoms with van der Waals surface area (Å²) in [4.78, 5) is 43.0. The lowest BCUT2D eigenvalue weighted by atomic mass is 9.97. The predicted molar refractivity (Wildman–Crippen MR) is 167 cm³/mol. The molecule has 0 fully saturated rings. The van der Waals surface area contributed by atoms with Crippen LogP contribution in [0.5, 0.6) is 0 Å². The first-order valence-corrected chi connectivity index (χ1v) is 15.0. The fraction of sp³-hybridized carbons (Fsp3) is 0.559. The zero-order valence-electron chi connectivity index (χ0n) is 26.6. The molecule has 0 aromatic heterocycles. The molecule has 0 radical (unpaired) electrons. The average molecular weight is 566 g/mol. The summed E-state index contributed by atoms with van der Waals surface area (Å²) < 4.78 is 5.48. The molecular weight excluding hydrogens is 514 g/mol. The van der Waals surface area contributed by atoms with Gasteiger partial charge in [-0.15, -0.1) is 0 Å². The Morgan fingerprint density at radius 1 is 0.878 bits per heavy atom. The number of aryl methyl sites for hydroxylation is 3. The fourth-order valence-electron chi connectivity index (χ4n) is 4.80. The number of unbranched alkanes of at least 4 members (excludes halogenated alkanes) is 4. The molecule has 7 nitrogen and oxygen atoms in total. The van der Waals surface area contributed by atoms with E-state index in [1.165, 1.54) is 0 Å². The van der Waals surface area contributed by atoms with E-state index in [0.717, 1.165) is 60.0 Å². The molecule has 2 rings (SSSR count). The average Bonchev–Trinajstić information content (AvgIpc) is 2.88. The monoisotopic (exact) mass is 565 g/mol.